The Kier molecular flexibility index (Phi) is 3.49. The second kappa shape index (κ2) is 4.88. The van der Waals surface area contributed by atoms with Crippen molar-refractivity contribution in [3.63, 3.8) is 0 Å². The second-order valence-corrected chi connectivity index (χ2v) is 5.01. The van der Waals surface area contributed by atoms with Crippen LogP contribution in [-0.2, 0) is 12.8 Å². The van der Waals surface area contributed by atoms with Gasteiger partial charge in [0, 0.05) is 19.3 Å². The van der Waals surface area contributed by atoms with Crippen LogP contribution < -0.4 is 10.6 Å². The van der Waals surface area contributed by atoms with Crippen molar-refractivity contribution in [3.8, 4) is 0 Å². The quantitative estimate of drug-likeness (QED) is 0.839. The number of nitrogens with two attached hydrogens (primary N) is 1. The largest absolute Gasteiger partial charge is 0.374 e. The first-order chi connectivity index (χ1) is 7.70. The fraction of sp³-hybridized carbons (Fsp3) is 0.571. The number of nitrogens with zero attached hydrogens (tertiary/aromatic N) is 1. The topological polar surface area (TPSA) is 29.3 Å². The van der Waals surface area contributed by atoms with Gasteiger partial charge in [0.25, 0.3) is 0 Å². The van der Waals surface area contributed by atoms with Crippen LogP contribution in [0.15, 0.2) is 18.2 Å². The lowest BCUT2D eigenvalue weighted by Gasteiger charge is -2.13. The molecule has 1 aliphatic heterocycles. The minimum Gasteiger partial charge on any atom is -0.374 e. The zero-order chi connectivity index (χ0) is 11.5. The molecule has 0 bridgehead atoms. The molecule has 2 N–H and O–H groups in total. The van der Waals surface area contributed by atoms with Crippen LogP contribution in [0.1, 0.15) is 24.5 Å². The number of likely N-dealkylation sites (N-methyl/N-ethyl adjacent to an activating group) is 1. The third kappa shape index (κ3) is 2.38. The van der Waals surface area contributed by atoms with Gasteiger partial charge in [-0.2, -0.15) is 0 Å². The Labute approximate surface area is 98.4 Å². The molecule has 2 nitrogen and oxygen atoms in total. The van der Waals surface area contributed by atoms with E-state index in [-0.39, 0.29) is 0 Å². The molecular weight excluding hydrogens is 196 g/mol. The van der Waals surface area contributed by atoms with E-state index in [1.54, 1.807) is 0 Å². The molecular formula is C14H22N2. The zero-order valence-electron chi connectivity index (χ0n) is 10.4. The van der Waals surface area contributed by atoms with Gasteiger partial charge in [-0.1, -0.05) is 19.1 Å². The van der Waals surface area contributed by atoms with Gasteiger partial charge in [0.15, 0.2) is 0 Å². The summed E-state index contributed by atoms with van der Waals surface area (Å²) < 4.78 is 0. The summed E-state index contributed by atoms with van der Waals surface area (Å²) in [5, 5.41) is 0. The van der Waals surface area contributed by atoms with E-state index in [2.05, 4.69) is 37.1 Å². The first kappa shape index (κ1) is 11.5. The number of anilines is 1. The van der Waals surface area contributed by atoms with Gasteiger partial charge in [-0.25, -0.2) is 0 Å². The van der Waals surface area contributed by atoms with Crippen LogP contribution in [0.4, 0.5) is 5.69 Å². The predicted octanol–water partition coefficient (Wildman–Crippen LogP) is 2.21. The molecule has 1 heterocycles. The summed E-state index contributed by atoms with van der Waals surface area (Å²) in [6, 6.07) is 6.91. The monoisotopic (exact) mass is 218 g/mol. The Bertz CT molecular complexity index is 360. The Hall–Kier alpha value is -1.02. The number of hydrogen-bond donors (Lipinski definition) is 1. The molecule has 0 aromatic heterocycles. The maximum absolute atomic E-state index is 5.64. The first-order valence-electron chi connectivity index (χ1n) is 6.23. The molecule has 0 aliphatic carbocycles. The lowest BCUT2D eigenvalue weighted by molar-refractivity contribution is 0.544. The SMILES string of the molecule is CC(CN)CCc1ccc2c(c1)CCN2C. The van der Waals surface area contributed by atoms with Crippen molar-refractivity contribution in [2.45, 2.75) is 26.2 Å². The summed E-state index contributed by atoms with van der Waals surface area (Å²) in [5.41, 5.74) is 10.0. The lowest BCUT2D eigenvalue weighted by atomic mass is 9.99. The number of benzene rings is 1. The summed E-state index contributed by atoms with van der Waals surface area (Å²) in [5.74, 6) is 0.635. The van der Waals surface area contributed by atoms with Crippen molar-refractivity contribution in [1.82, 2.24) is 0 Å². The van der Waals surface area contributed by atoms with E-state index < -0.39 is 0 Å². The van der Waals surface area contributed by atoms with Crippen LogP contribution in [0.3, 0.4) is 0 Å². The van der Waals surface area contributed by atoms with Crippen molar-refractivity contribution >= 4 is 5.69 Å². The fourth-order valence-corrected chi connectivity index (χ4v) is 2.31. The first-order valence-corrected chi connectivity index (χ1v) is 6.23. The molecule has 0 saturated carbocycles. The highest BCUT2D eigenvalue weighted by molar-refractivity contribution is 5.58. The molecule has 2 heteroatoms. The van der Waals surface area contributed by atoms with Gasteiger partial charge >= 0.3 is 0 Å². The normalized spacial score (nSPS) is 16.3. The summed E-state index contributed by atoms with van der Waals surface area (Å²) >= 11 is 0. The molecule has 1 unspecified atom stereocenters. The smallest absolute Gasteiger partial charge is 0.0397 e. The number of hydrogen-bond acceptors (Lipinski definition) is 2. The Morgan fingerprint density at radius 3 is 3.00 bits per heavy atom. The maximum Gasteiger partial charge on any atom is 0.0397 e. The van der Waals surface area contributed by atoms with Gasteiger partial charge in [-0.3, -0.25) is 0 Å². The molecule has 1 aliphatic rings. The molecule has 88 valence electrons. The fourth-order valence-electron chi connectivity index (χ4n) is 2.31. The van der Waals surface area contributed by atoms with E-state index in [1.807, 2.05) is 0 Å². The third-order valence-corrected chi connectivity index (χ3v) is 3.60. The van der Waals surface area contributed by atoms with Gasteiger partial charge in [0.1, 0.15) is 0 Å². The van der Waals surface area contributed by atoms with Crippen LogP contribution in [-0.4, -0.2) is 20.1 Å². The molecule has 2 rings (SSSR count). The minimum atomic E-state index is 0.635. The van der Waals surface area contributed by atoms with E-state index in [4.69, 9.17) is 5.73 Å². The highest BCUT2D eigenvalue weighted by Crippen LogP contribution is 2.27. The van der Waals surface area contributed by atoms with Crippen molar-refractivity contribution in [1.29, 1.82) is 0 Å². The van der Waals surface area contributed by atoms with Crippen LogP contribution in [0.25, 0.3) is 0 Å². The van der Waals surface area contributed by atoms with Crippen LogP contribution in [0.2, 0.25) is 0 Å². The molecule has 0 amide bonds. The molecule has 0 saturated heterocycles. The van der Waals surface area contributed by atoms with Crippen LogP contribution >= 0.6 is 0 Å². The Balaban J connectivity index is 2.02. The van der Waals surface area contributed by atoms with E-state index in [0.717, 1.165) is 19.5 Å². The Morgan fingerprint density at radius 1 is 1.44 bits per heavy atom. The molecule has 1 aromatic carbocycles. The highest BCUT2D eigenvalue weighted by atomic mass is 15.1. The van der Waals surface area contributed by atoms with E-state index in [1.165, 1.54) is 29.7 Å². The molecule has 0 fully saturated rings. The number of fused-ring (bicyclic) bond motifs is 1. The molecule has 0 spiro atoms. The van der Waals surface area contributed by atoms with Gasteiger partial charge in [0.2, 0.25) is 0 Å². The van der Waals surface area contributed by atoms with Gasteiger partial charge < -0.3 is 10.6 Å². The van der Waals surface area contributed by atoms with E-state index in [9.17, 15) is 0 Å². The lowest BCUT2D eigenvalue weighted by Crippen LogP contribution is -2.12. The molecule has 1 aromatic rings. The van der Waals surface area contributed by atoms with Crippen LogP contribution in [0, 0.1) is 5.92 Å². The molecule has 1 atom stereocenters. The standard InChI is InChI=1S/C14H22N2/c1-11(10-15)3-4-12-5-6-14-13(9-12)7-8-16(14)2/h5-6,9,11H,3-4,7-8,10,15H2,1-2H3. The summed E-state index contributed by atoms with van der Waals surface area (Å²) in [4.78, 5) is 2.33. The van der Waals surface area contributed by atoms with Crippen LogP contribution in [0.5, 0.6) is 0 Å². The average molecular weight is 218 g/mol. The van der Waals surface area contributed by atoms with Crippen molar-refractivity contribution < 1.29 is 0 Å². The second-order valence-electron chi connectivity index (χ2n) is 5.01. The van der Waals surface area contributed by atoms with Crippen molar-refractivity contribution in [3.05, 3.63) is 29.3 Å². The zero-order valence-corrected chi connectivity index (χ0v) is 10.4. The summed E-state index contributed by atoms with van der Waals surface area (Å²) in [6.45, 7) is 4.19. The maximum atomic E-state index is 5.64. The van der Waals surface area contributed by atoms with Gasteiger partial charge in [-0.05, 0) is 48.9 Å². The average Bonchev–Trinajstić information content (AvgIpc) is 2.67. The van der Waals surface area contributed by atoms with Crippen molar-refractivity contribution in [2.75, 3.05) is 25.0 Å². The third-order valence-electron chi connectivity index (χ3n) is 3.60. The van der Waals surface area contributed by atoms with Gasteiger partial charge in [-0.15, -0.1) is 0 Å². The minimum absolute atomic E-state index is 0.635. The van der Waals surface area contributed by atoms with E-state index >= 15 is 0 Å². The number of aryl methyl sites for hydroxylation is 1. The molecule has 0 radical (unpaired) electrons. The van der Waals surface area contributed by atoms with E-state index in [0.29, 0.717) is 5.92 Å². The summed E-state index contributed by atoms with van der Waals surface area (Å²) in [7, 11) is 2.17. The summed E-state index contributed by atoms with van der Waals surface area (Å²) in [6.07, 6.45) is 3.56. The Morgan fingerprint density at radius 2 is 2.25 bits per heavy atom. The predicted molar refractivity (Wildman–Crippen MR) is 70.0 cm³/mol. The van der Waals surface area contributed by atoms with Gasteiger partial charge in [0.05, 0.1) is 0 Å². The molecule has 16 heavy (non-hydrogen) atoms. The number of rotatable bonds is 4. The highest BCUT2D eigenvalue weighted by Gasteiger charge is 2.15. The van der Waals surface area contributed by atoms with Crippen molar-refractivity contribution in [2.24, 2.45) is 11.7 Å².